The number of ether oxygens (including phenoxy) is 1. The van der Waals surface area contributed by atoms with Gasteiger partial charge in [-0.1, -0.05) is 24.3 Å². The lowest BCUT2D eigenvalue weighted by Crippen LogP contribution is -2.48. The number of methoxy groups -OCH3 is 1. The van der Waals surface area contributed by atoms with Crippen LogP contribution in [0.2, 0.25) is 0 Å². The summed E-state index contributed by atoms with van der Waals surface area (Å²) in [6.07, 6.45) is 0. The summed E-state index contributed by atoms with van der Waals surface area (Å²) in [6, 6.07) is 18.2. The second kappa shape index (κ2) is 8.04. The minimum atomic E-state index is -3.89. The summed E-state index contributed by atoms with van der Waals surface area (Å²) in [5.74, 6) is 0.181. The number of benzene rings is 3. The minimum absolute atomic E-state index is 0.0162. The minimum Gasteiger partial charge on any atom is -0.495 e. The summed E-state index contributed by atoms with van der Waals surface area (Å²) in [7, 11) is -2.26. The Morgan fingerprint density at radius 3 is 2.27 bits per heavy atom. The molecule has 8 heteroatoms. The maximum Gasteiger partial charge on any atom is 0.254 e. The SMILES string of the molecule is COc1ccccc1N1CCN(C(=O)c2ccc3c(c2)S(=O)(=O)c2ccccc2C3=O)CC1. The van der Waals surface area contributed by atoms with E-state index < -0.39 is 9.84 Å². The Morgan fingerprint density at radius 1 is 0.848 bits per heavy atom. The Labute approximate surface area is 192 Å². The lowest BCUT2D eigenvalue weighted by atomic mass is 10.0. The third kappa shape index (κ3) is 3.47. The van der Waals surface area contributed by atoms with Crippen molar-refractivity contribution in [2.75, 3.05) is 38.2 Å². The number of sulfone groups is 1. The Hall–Kier alpha value is -3.65. The van der Waals surface area contributed by atoms with Crippen LogP contribution in [0.3, 0.4) is 0 Å². The molecule has 0 N–H and O–H groups in total. The van der Waals surface area contributed by atoms with Crippen LogP contribution in [0.15, 0.2) is 76.5 Å². The predicted molar refractivity (Wildman–Crippen MR) is 123 cm³/mol. The summed E-state index contributed by atoms with van der Waals surface area (Å²) >= 11 is 0. The van der Waals surface area contributed by atoms with Gasteiger partial charge < -0.3 is 14.5 Å². The first kappa shape index (κ1) is 21.2. The van der Waals surface area contributed by atoms with Gasteiger partial charge in [-0.3, -0.25) is 9.59 Å². The van der Waals surface area contributed by atoms with Gasteiger partial charge in [0.05, 0.1) is 22.6 Å². The van der Waals surface area contributed by atoms with Crippen LogP contribution in [-0.4, -0.2) is 58.3 Å². The van der Waals surface area contributed by atoms with E-state index >= 15 is 0 Å². The zero-order valence-electron chi connectivity index (χ0n) is 18.0. The molecule has 2 aliphatic heterocycles. The first-order chi connectivity index (χ1) is 15.9. The predicted octanol–water partition coefficient (Wildman–Crippen LogP) is 3.03. The highest BCUT2D eigenvalue weighted by molar-refractivity contribution is 7.91. The van der Waals surface area contributed by atoms with Crippen molar-refractivity contribution in [2.24, 2.45) is 0 Å². The lowest BCUT2D eigenvalue weighted by molar-refractivity contribution is 0.0746. The third-order valence-electron chi connectivity index (χ3n) is 6.18. The smallest absolute Gasteiger partial charge is 0.254 e. The number of anilines is 1. The van der Waals surface area contributed by atoms with Crippen molar-refractivity contribution < 1.29 is 22.7 Å². The number of amides is 1. The molecule has 1 saturated heterocycles. The maximum atomic E-state index is 13.2. The van der Waals surface area contributed by atoms with Gasteiger partial charge in [0.1, 0.15) is 5.75 Å². The molecule has 0 aromatic heterocycles. The number of piperazine rings is 1. The van der Waals surface area contributed by atoms with Crippen LogP contribution in [0.25, 0.3) is 0 Å². The molecule has 0 bridgehead atoms. The highest BCUT2D eigenvalue weighted by Crippen LogP contribution is 2.35. The summed E-state index contributed by atoms with van der Waals surface area (Å²) < 4.78 is 31.8. The number of para-hydroxylation sites is 2. The van der Waals surface area contributed by atoms with Crippen LogP contribution in [0.1, 0.15) is 26.3 Å². The van der Waals surface area contributed by atoms with E-state index in [1.54, 1.807) is 24.1 Å². The van der Waals surface area contributed by atoms with E-state index in [-0.39, 0.29) is 38.2 Å². The van der Waals surface area contributed by atoms with Crippen molar-refractivity contribution in [3.05, 3.63) is 83.4 Å². The fraction of sp³-hybridized carbons (Fsp3) is 0.200. The monoisotopic (exact) mass is 462 g/mol. The molecule has 0 saturated carbocycles. The number of hydrogen-bond acceptors (Lipinski definition) is 6. The Balaban J connectivity index is 1.39. The van der Waals surface area contributed by atoms with Gasteiger partial charge in [0.25, 0.3) is 5.91 Å². The van der Waals surface area contributed by atoms with Crippen molar-refractivity contribution in [1.82, 2.24) is 4.90 Å². The van der Waals surface area contributed by atoms with E-state index in [1.165, 1.54) is 30.3 Å². The number of nitrogens with zero attached hydrogens (tertiary/aromatic N) is 2. The molecule has 2 aliphatic rings. The van der Waals surface area contributed by atoms with Crippen molar-refractivity contribution >= 4 is 27.2 Å². The largest absolute Gasteiger partial charge is 0.495 e. The Bertz CT molecular complexity index is 1380. The third-order valence-corrected chi connectivity index (χ3v) is 8.03. The molecule has 7 nitrogen and oxygen atoms in total. The number of fused-ring (bicyclic) bond motifs is 2. The van der Waals surface area contributed by atoms with E-state index in [2.05, 4.69) is 4.90 Å². The van der Waals surface area contributed by atoms with Gasteiger partial charge in [-0.05, 0) is 42.5 Å². The van der Waals surface area contributed by atoms with Crippen LogP contribution >= 0.6 is 0 Å². The van der Waals surface area contributed by atoms with E-state index in [0.29, 0.717) is 26.2 Å². The highest BCUT2D eigenvalue weighted by atomic mass is 32.2. The molecule has 0 spiro atoms. The van der Waals surface area contributed by atoms with Gasteiger partial charge in [-0.25, -0.2) is 8.42 Å². The van der Waals surface area contributed by atoms with Gasteiger partial charge in [-0.15, -0.1) is 0 Å². The van der Waals surface area contributed by atoms with Gasteiger partial charge in [0.2, 0.25) is 9.84 Å². The summed E-state index contributed by atoms with van der Waals surface area (Å²) in [5.41, 5.74) is 1.50. The molecule has 0 unspecified atom stereocenters. The van der Waals surface area contributed by atoms with Gasteiger partial charge >= 0.3 is 0 Å². The van der Waals surface area contributed by atoms with Crippen LogP contribution in [0, 0.1) is 0 Å². The van der Waals surface area contributed by atoms with Crippen LogP contribution < -0.4 is 9.64 Å². The molecular weight excluding hydrogens is 440 g/mol. The molecule has 168 valence electrons. The second-order valence-electron chi connectivity index (χ2n) is 7.99. The molecule has 3 aromatic rings. The molecule has 0 radical (unpaired) electrons. The fourth-order valence-corrected chi connectivity index (χ4v) is 6.12. The second-order valence-corrected chi connectivity index (χ2v) is 9.88. The highest BCUT2D eigenvalue weighted by Gasteiger charge is 2.35. The maximum absolute atomic E-state index is 13.2. The number of carbonyl (C=O) groups is 2. The normalized spacial score (nSPS) is 16.7. The van der Waals surface area contributed by atoms with Gasteiger partial charge in [0.15, 0.2) is 5.78 Å². The van der Waals surface area contributed by atoms with E-state index in [9.17, 15) is 18.0 Å². The molecule has 1 amide bonds. The summed E-state index contributed by atoms with van der Waals surface area (Å²) in [4.78, 5) is 29.8. The van der Waals surface area contributed by atoms with E-state index in [1.807, 2.05) is 24.3 Å². The van der Waals surface area contributed by atoms with E-state index in [0.717, 1.165) is 11.4 Å². The zero-order chi connectivity index (χ0) is 23.2. The Kier molecular flexibility index (Phi) is 5.17. The van der Waals surface area contributed by atoms with Crippen LogP contribution in [0.5, 0.6) is 5.75 Å². The van der Waals surface area contributed by atoms with Gasteiger partial charge in [0, 0.05) is 42.9 Å². The van der Waals surface area contributed by atoms with Crippen molar-refractivity contribution in [1.29, 1.82) is 0 Å². The molecule has 5 rings (SSSR count). The number of ketones is 1. The number of carbonyl (C=O) groups excluding carboxylic acids is 2. The lowest BCUT2D eigenvalue weighted by Gasteiger charge is -2.36. The van der Waals surface area contributed by atoms with Crippen molar-refractivity contribution in [2.45, 2.75) is 9.79 Å². The Morgan fingerprint density at radius 2 is 1.52 bits per heavy atom. The standard InChI is InChI=1S/C25H22N2O5S/c1-32-21-8-4-3-7-20(21)26-12-14-27(15-13-26)25(29)17-10-11-19-23(16-17)33(30,31)22-9-5-2-6-18(22)24(19)28/h2-11,16H,12-15H2,1H3. The van der Waals surface area contributed by atoms with Crippen molar-refractivity contribution in [3.63, 3.8) is 0 Å². The molecule has 33 heavy (non-hydrogen) atoms. The van der Waals surface area contributed by atoms with Crippen LogP contribution in [0.4, 0.5) is 5.69 Å². The zero-order valence-corrected chi connectivity index (χ0v) is 18.8. The quantitative estimate of drug-likeness (QED) is 0.465. The first-order valence-corrected chi connectivity index (χ1v) is 12.1. The average Bonchev–Trinajstić information content (AvgIpc) is 2.87. The van der Waals surface area contributed by atoms with Gasteiger partial charge in [-0.2, -0.15) is 0 Å². The molecule has 1 fully saturated rings. The summed E-state index contributed by atoms with van der Waals surface area (Å²) in [6.45, 7) is 2.23. The molecule has 2 heterocycles. The number of rotatable bonds is 3. The van der Waals surface area contributed by atoms with Crippen molar-refractivity contribution in [3.8, 4) is 5.75 Å². The average molecular weight is 463 g/mol. The summed E-state index contributed by atoms with van der Waals surface area (Å²) in [5, 5.41) is 0. The molecule has 0 atom stereocenters. The topological polar surface area (TPSA) is 84.0 Å². The molecule has 0 aliphatic carbocycles. The first-order valence-electron chi connectivity index (χ1n) is 10.6. The van der Waals surface area contributed by atoms with E-state index in [4.69, 9.17) is 4.74 Å². The number of hydrogen-bond donors (Lipinski definition) is 0. The molecule has 3 aromatic carbocycles. The fourth-order valence-electron chi connectivity index (χ4n) is 4.44. The molecular formula is C25H22N2O5S. The van der Waals surface area contributed by atoms with Crippen LogP contribution in [-0.2, 0) is 9.84 Å².